The molecule has 0 bridgehead atoms. The lowest BCUT2D eigenvalue weighted by Gasteiger charge is -2.35. The molecule has 2 aromatic carbocycles. The molecule has 2 aromatic heterocycles. The first-order valence-corrected chi connectivity index (χ1v) is 12.8. The number of piperazine rings is 1. The maximum absolute atomic E-state index is 13.6. The molecule has 1 aliphatic heterocycles. The van der Waals surface area contributed by atoms with E-state index in [4.69, 9.17) is 4.98 Å². The van der Waals surface area contributed by atoms with E-state index in [2.05, 4.69) is 102 Å². The van der Waals surface area contributed by atoms with Gasteiger partial charge >= 0.3 is 0 Å². The average Bonchev–Trinajstić information content (AvgIpc) is 3.34. The molecule has 0 saturated carbocycles. The van der Waals surface area contributed by atoms with Crippen LogP contribution in [0.25, 0.3) is 11.7 Å². The Morgan fingerprint density at radius 1 is 0.917 bits per heavy atom. The fourth-order valence-corrected chi connectivity index (χ4v) is 5.17. The number of hydrogen-bond donors (Lipinski definition) is 0. The number of pyridine rings is 1. The fourth-order valence-electron chi connectivity index (χ4n) is 5.17. The maximum atomic E-state index is 13.6. The topological polar surface area (TPSA) is 40.9 Å². The molecule has 1 fully saturated rings. The zero-order valence-electron chi connectivity index (χ0n) is 21.2. The average molecular weight is 479 g/mol. The van der Waals surface area contributed by atoms with Gasteiger partial charge in [-0.15, -0.1) is 0 Å². The van der Waals surface area contributed by atoms with Crippen molar-refractivity contribution in [1.82, 2.24) is 19.2 Å². The van der Waals surface area contributed by atoms with Gasteiger partial charge in [-0.05, 0) is 42.2 Å². The standard InChI is InChI=1S/C31H34N4O/c1-24-10-6-7-15-27(24)28(29-23-32-31-25(2)11-8-17-35(29)31)22-30(36)34-20-18-33(19-21-34)16-9-14-26-12-4-3-5-13-26/h3-15,17,23,28H,16,18-22H2,1-2H3/b14-9+. The second kappa shape index (κ2) is 10.9. The first kappa shape index (κ1) is 24.0. The smallest absolute Gasteiger partial charge is 0.223 e. The minimum Gasteiger partial charge on any atom is -0.340 e. The van der Waals surface area contributed by atoms with Gasteiger partial charge in [0.2, 0.25) is 5.91 Å². The van der Waals surface area contributed by atoms with Crippen LogP contribution < -0.4 is 0 Å². The Morgan fingerprint density at radius 2 is 1.64 bits per heavy atom. The third-order valence-electron chi connectivity index (χ3n) is 7.26. The van der Waals surface area contributed by atoms with Crippen LogP contribution in [0, 0.1) is 13.8 Å². The summed E-state index contributed by atoms with van der Waals surface area (Å²) in [4.78, 5) is 22.7. The van der Waals surface area contributed by atoms with Crippen molar-refractivity contribution in [3.8, 4) is 0 Å². The minimum absolute atomic E-state index is 0.0395. The summed E-state index contributed by atoms with van der Waals surface area (Å²) in [6, 6.07) is 22.9. The van der Waals surface area contributed by atoms with Gasteiger partial charge in [0.25, 0.3) is 0 Å². The van der Waals surface area contributed by atoms with E-state index in [1.54, 1.807) is 0 Å². The molecule has 36 heavy (non-hydrogen) atoms. The van der Waals surface area contributed by atoms with Gasteiger partial charge in [0.1, 0.15) is 5.65 Å². The Bertz CT molecular complexity index is 1350. The number of fused-ring (bicyclic) bond motifs is 1. The number of carbonyl (C=O) groups is 1. The molecule has 0 spiro atoms. The van der Waals surface area contributed by atoms with Crippen molar-refractivity contribution in [2.45, 2.75) is 26.2 Å². The first-order valence-electron chi connectivity index (χ1n) is 12.8. The number of aryl methyl sites for hydroxylation is 2. The van der Waals surface area contributed by atoms with Gasteiger partial charge in [-0.1, -0.05) is 72.8 Å². The lowest BCUT2D eigenvalue weighted by atomic mass is 9.89. The number of nitrogens with zero attached hydrogens (tertiary/aromatic N) is 4. The highest BCUT2D eigenvalue weighted by Crippen LogP contribution is 2.32. The van der Waals surface area contributed by atoms with Crippen molar-refractivity contribution in [2.75, 3.05) is 32.7 Å². The molecule has 4 aromatic rings. The summed E-state index contributed by atoms with van der Waals surface area (Å²) in [5.41, 5.74) is 6.77. The number of imidazole rings is 1. The summed E-state index contributed by atoms with van der Waals surface area (Å²) in [6.45, 7) is 8.44. The molecule has 5 heteroatoms. The number of rotatable bonds is 7. The molecular formula is C31H34N4O. The highest BCUT2D eigenvalue weighted by atomic mass is 16.2. The molecule has 3 heterocycles. The quantitative estimate of drug-likeness (QED) is 0.360. The molecule has 1 atom stereocenters. The predicted molar refractivity (Wildman–Crippen MR) is 146 cm³/mol. The van der Waals surface area contributed by atoms with Crippen LogP contribution in [-0.4, -0.2) is 57.8 Å². The van der Waals surface area contributed by atoms with Crippen LogP contribution in [0.3, 0.4) is 0 Å². The zero-order valence-corrected chi connectivity index (χ0v) is 21.2. The number of hydrogen-bond acceptors (Lipinski definition) is 3. The van der Waals surface area contributed by atoms with Crippen LogP contribution in [0.2, 0.25) is 0 Å². The molecule has 5 nitrogen and oxygen atoms in total. The largest absolute Gasteiger partial charge is 0.340 e. The Kier molecular flexibility index (Phi) is 7.28. The van der Waals surface area contributed by atoms with Crippen molar-refractivity contribution in [2.24, 2.45) is 0 Å². The summed E-state index contributed by atoms with van der Waals surface area (Å²) in [7, 11) is 0. The molecular weight excluding hydrogens is 444 g/mol. The Labute approximate surface area is 213 Å². The van der Waals surface area contributed by atoms with Crippen molar-refractivity contribution in [3.05, 3.63) is 113 Å². The molecule has 1 aliphatic rings. The lowest BCUT2D eigenvalue weighted by Crippen LogP contribution is -2.48. The van der Waals surface area contributed by atoms with Crippen molar-refractivity contribution < 1.29 is 4.79 Å². The van der Waals surface area contributed by atoms with E-state index >= 15 is 0 Å². The van der Waals surface area contributed by atoms with E-state index < -0.39 is 0 Å². The van der Waals surface area contributed by atoms with E-state index in [0.29, 0.717) is 6.42 Å². The lowest BCUT2D eigenvalue weighted by molar-refractivity contribution is -0.133. The normalized spacial score (nSPS) is 15.6. The third kappa shape index (κ3) is 5.26. The number of amides is 1. The van der Waals surface area contributed by atoms with Gasteiger partial charge in [-0.3, -0.25) is 9.69 Å². The van der Waals surface area contributed by atoms with Gasteiger partial charge in [0.05, 0.1) is 5.69 Å². The van der Waals surface area contributed by atoms with Crippen LogP contribution in [0.5, 0.6) is 0 Å². The Balaban J connectivity index is 1.28. The Hall–Kier alpha value is -3.70. The van der Waals surface area contributed by atoms with E-state index in [1.807, 2.05) is 17.2 Å². The van der Waals surface area contributed by atoms with Crippen molar-refractivity contribution in [1.29, 1.82) is 0 Å². The fraction of sp³-hybridized carbons (Fsp3) is 0.290. The second-order valence-corrected chi connectivity index (χ2v) is 9.68. The van der Waals surface area contributed by atoms with Gasteiger partial charge in [-0.25, -0.2) is 4.98 Å². The van der Waals surface area contributed by atoms with Crippen LogP contribution in [-0.2, 0) is 4.79 Å². The third-order valence-corrected chi connectivity index (χ3v) is 7.26. The van der Waals surface area contributed by atoms with Crippen LogP contribution in [0.15, 0.2) is 85.2 Å². The zero-order chi connectivity index (χ0) is 24.9. The van der Waals surface area contributed by atoms with E-state index in [1.165, 1.54) is 16.7 Å². The van der Waals surface area contributed by atoms with Crippen LogP contribution in [0.4, 0.5) is 0 Å². The molecule has 0 N–H and O–H groups in total. The molecule has 5 rings (SSSR count). The molecule has 0 radical (unpaired) electrons. The van der Waals surface area contributed by atoms with Crippen molar-refractivity contribution in [3.63, 3.8) is 0 Å². The predicted octanol–water partition coefficient (Wildman–Crippen LogP) is 5.33. The minimum atomic E-state index is -0.0395. The van der Waals surface area contributed by atoms with Crippen LogP contribution >= 0.6 is 0 Å². The SMILES string of the molecule is Cc1ccccc1C(CC(=O)N1CCN(C/C=C/c2ccccc2)CC1)c1cnc2c(C)cccn12. The molecule has 1 saturated heterocycles. The summed E-state index contributed by atoms with van der Waals surface area (Å²) in [5, 5.41) is 0. The monoisotopic (exact) mass is 478 g/mol. The maximum Gasteiger partial charge on any atom is 0.223 e. The van der Waals surface area contributed by atoms with Gasteiger partial charge in [-0.2, -0.15) is 0 Å². The molecule has 0 aliphatic carbocycles. The molecule has 1 unspecified atom stereocenters. The number of aromatic nitrogens is 2. The molecule has 184 valence electrons. The summed E-state index contributed by atoms with van der Waals surface area (Å²) in [5.74, 6) is 0.174. The first-order chi connectivity index (χ1) is 17.6. The van der Waals surface area contributed by atoms with E-state index in [9.17, 15) is 4.79 Å². The highest BCUT2D eigenvalue weighted by Gasteiger charge is 2.27. The highest BCUT2D eigenvalue weighted by molar-refractivity contribution is 5.78. The summed E-state index contributed by atoms with van der Waals surface area (Å²) < 4.78 is 2.15. The Morgan fingerprint density at radius 3 is 2.42 bits per heavy atom. The summed E-state index contributed by atoms with van der Waals surface area (Å²) >= 11 is 0. The number of carbonyl (C=O) groups excluding carboxylic acids is 1. The van der Waals surface area contributed by atoms with E-state index in [-0.39, 0.29) is 11.8 Å². The van der Waals surface area contributed by atoms with Crippen molar-refractivity contribution >= 4 is 17.6 Å². The molecule has 1 amide bonds. The van der Waals surface area contributed by atoms with Crippen LogP contribution in [0.1, 0.15) is 40.3 Å². The van der Waals surface area contributed by atoms with Gasteiger partial charge in [0.15, 0.2) is 0 Å². The number of benzene rings is 2. The van der Waals surface area contributed by atoms with Gasteiger partial charge in [0, 0.05) is 57.5 Å². The van der Waals surface area contributed by atoms with Gasteiger partial charge < -0.3 is 9.30 Å². The second-order valence-electron chi connectivity index (χ2n) is 9.68. The van der Waals surface area contributed by atoms with E-state index in [0.717, 1.165) is 49.6 Å². The summed E-state index contributed by atoms with van der Waals surface area (Å²) in [6.07, 6.45) is 8.84.